The number of rotatable bonds is 5. The van der Waals surface area contributed by atoms with Crippen molar-refractivity contribution < 1.29 is 4.39 Å². The van der Waals surface area contributed by atoms with E-state index in [9.17, 15) is 4.39 Å². The van der Waals surface area contributed by atoms with Crippen LogP contribution >= 0.6 is 11.6 Å². The van der Waals surface area contributed by atoms with Gasteiger partial charge in [-0.2, -0.15) is 0 Å². The van der Waals surface area contributed by atoms with Crippen molar-refractivity contribution in [2.75, 3.05) is 24.3 Å². The number of hydrogen-bond donors (Lipinski definition) is 1. The van der Waals surface area contributed by atoms with Gasteiger partial charge in [0.1, 0.15) is 5.82 Å². The van der Waals surface area contributed by atoms with Gasteiger partial charge < -0.3 is 10.2 Å². The molecule has 0 spiro atoms. The zero-order valence-corrected chi connectivity index (χ0v) is 13.3. The average Bonchev–Trinajstić information content (AvgIpc) is 2.45. The molecule has 2 aromatic carbocycles. The van der Waals surface area contributed by atoms with Crippen molar-refractivity contribution in [1.82, 2.24) is 0 Å². The highest BCUT2D eigenvalue weighted by Crippen LogP contribution is 2.32. The summed E-state index contributed by atoms with van der Waals surface area (Å²) >= 11 is 6.09. The molecule has 2 aromatic rings. The van der Waals surface area contributed by atoms with Gasteiger partial charge in [-0.25, -0.2) is 4.39 Å². The molecule has 0 aliphatic rings. The zero-order valence-electron chi connectivity index (χ0n) is 12.5. The zero-order chi connectivity index (χ0) is 15.4. The van der Waals surface area contributed by atoms with Crippen LogP contribution < -0.4 is 10.2 Å². The van der Waals surface area contributed by atoms with Gasteiger partial charge in [-0.3, -0.25) is 0 Å². The van der Waals surface area contributed by atoms with Crippen molar-refractivity contribution in [1.29, 1.82) is 0 Å². The SMILES string of the molecule is CCC(Nc1cc(Cl)ccc1N(C)C)c1ccccc1F. The lowest BCUT2D eigenvalue weighted by Crippen LogP contribution is -2.16. The van der Waals surface area contributed by atoms with Crippen LogP contribution in [0.15, 0.2) is 42.5 Å². The minimum Gasteiger partial charge on any atom is -0.376 e. The topological polar surface area (TPSA) is 15.3 Å². The van der Waals surface area contributed by atoms with E-state index < -0.39 is 0 Å². The Morgan fingerprint density at radius 2 is 1.90 bits per heavy atom. The van der Waals surface area contributed by atoms with Gasteiger partial charge in [-0.1, -0.05) is 36.7 Å². The van der Waals surface area contributed by atoms with Crippen LogP contribution in [0.25, 0.3) is 0 Å². The van der Waals surface area contributed by atoms with Crippen molar-refractivity contribution in [3.8, 4) is 0 Å². The van der Waals surface area contributed by atoms with Gasteiger partial charge in [0.25, 0.3) is 0 Å². The monoisotopic (exact) mass is 306 g/mol. The van der Waals surface area contributed by atoms with E-state index in [1.165, 1.54) is 6.07 Å². The van der Waals surface area contributed by atoms with Gasteiger partial charge in [0.2, 0.25) is 0 Å². The van der Waals surface area contributed by atoms with Crippen LogP contribution in [0.4, 0.5) is 15.8 Å². The summed E-state index contributed by atoms with van der Waals surface area (Å²) in [7, 11) is 3.94. The van der Waals surface area contributed by atoms with Crippen LogP contribution in [0.2, 0.25) is 5.02 Å². The molecular weight excluding hydrogens is 287 g/mol. The Morgan fingerprint density at radius 1 is 1.19 bits per heavy atom. The first-order valence-corrected chi connectivity index (χ1v) is 7.38. The Morgan fingerprint density at radius 3 is 2.52 bits per heavy atom. The van der Waals surface area contributed by atoms with Crippen molar-refractivity contribution in [3.63, 3.8) is 0 Å². The molecule has 1 unspecified atom stereocenters. The summed E-state index contributed by atoms with van der Waals surface area (Å²) in [5, 5.41) is 4.07. The normalized spacial score (nSPS) is 12.0. The largest absolute Gasteiger partial charge is 0.376 e. The maximum Gasteiger partial charge on any atom is 0.128 e. The third-order valence-corrected chi connectivity index (χ3v) is 3.69. The van der Waals surface area contributed by atoms with Crippen molar-refractivity contribution >= 4 is 23.0 Å². The summed E-state index contributed by atoms with van der Waals surface area (Å²) in [6, 6.07) is 12.5. The molecule has 0 aromatic heterocycles. The van der Waals surface area contributed by atoms with Gasteiger partial charge >= 0.3 is 0 Å². The second-order valence-corrected chi connectivity index (χ2v) is 5.62. The minimum atomic E-state index is -0.190. The van der Waals surface area contributed by atoms with E-state index in [0.717, 1.165) is 17.8 Å². The lowest BCUT2D eigenvalue weighted by molar-refractivity contribution is 0.587. The summed E-state index contributed by atoms with van der Waals surface area (Å²) in [5.41, 5.74) is 2.60. The highest BCUT2D eigenvalue weighted by atomic mass is 35.5. The van der Waals surface area contributed by atoms with Gasteiger partial charge in [-0.05, 0) is 30.7 Å². The Hall–Kier alpha value is -1.74. The molecule has 0 bridgehead atoms. The van der Waals surface area contributed by atoms with Gasteiger partial charge in [-0.15, -0.1) is 0 Å². The smallest absolute Gasteiger partial charge is 0.128 e. The molecule has 1 atom stereocenters. The molecule has 112 valence electrons. The van der Waals surface area contributed by atoms with Crippen LogP contribution in [-0.4, -0.2) is 14.1 Å². The van der Waals surface area contributed by atoms with Crippen LogP contribution in [0, 0.1) is 5.82 Å². The maximum absolute atomic E-state index is 14.0. The standard InChI is InChI=1S/C17H20ClFN2/c1-4-15(13-7-5-6-8-14(13)19)20-16-11-12(18)9-10-17(16)21(2)3/h5-11,15,20H,4H2,1-3H3. The molecule has 0 radical (unpaired) electrons. The number of nitrogens with zero attached hydrogens (tertiary/aromatic N) is 1. The Kier molecular flexibility index (Phi) is 5.07. The second kappa shape index (κ2) is 6.81. The van der Waals surface area contributed by atoms with E-state index in [1.807, 2.05) is 56.3 Å². The highest BCUT2D eigenvalue weighted by molar-refractivity contribution is 6.31. The van der Waals surface area contributed by atoms with E-state index >= 15 is 0 Å². The van der Waals surface area contributed by atoms with Gasteiger partial charge in [0, 0.05) is 24.7 Å². The third kappa shape index (κ3) is 3.67. The van der Waals surface area contributed by atoms with E-state index in [0.29, 0.717) is 10.6 Å². The van der Waals surface area contributed by atoms with E-state index in [-0.39, 0.29) is 11.9 Å². The Bertz CT molecular complexity index is 613. The molecule has 0 fully saturated rings. The first kappa shape index (κ1) is 15.6. The number of hydrogen-bond acceptors (Lipinski definition) is 2. The highest BCUT2D eigenvalue weighted by Gasteiger charge is 2.15. The first-order chi connectivity index (χ1) is 10.0. The quantitative estimate of drug-likeness (QED) is 0.826. The molecular formula is C17H20ClFN2. The molecule has 2 nitrogen and oxygen atoms in total. The lowest BCUT2D eigenvalue weighted by Gasteiger charge is -2.24. The predicted molar refractivity (Wildman–Crippen MR) is 88.8 cm³/mol. The first-order valence-electron chi connectivity index (χ1n) is 7.00. The van der Waals surface area contributed by atoms with Crippen LogP contribution in [-0.2, 0) is 0 Å². The van der Waals surface area contributed by atoms with Gasteiger partial charge in [0.15, 0.2) is 0 Å². The van der Waals surface area contributed by atoms with Crippen molar-refractivity contribution in [2.45, 2.75) is 19.4 Å². The average molecular weight is 307 g/mol. The van der Waals surface area contributed by atoms with Crippen LogP contribution in [0.3, 0.4) is 0 Å². The number of halogens is 2. The number of nitrogens with one attached hydrogen (secondary N) is 1. The molecule has 4 heteroatoms. The summed E-state index contributed by atoms with van der Waals surface area (Å²) in [6.45, 7) is 2.03. The molecule has 21 heavy (non-hydrogen) atoms. The van der Waals surface area contributed by atoms with Crippen LogP contribution in [0.1, 0.15) is 24.9 Å². The summed E-state index contributed by atoms with van der Waals surface area (Å²) in [6.07, 6.45) is 0.778. The summed E-state index contributed by atoms with van der Waals surface area (Å²) < 4.78 is 14.0. The predicted octanol–water partition coefficient (Wildman–Crippen LogP) is 5.11. The molecule has 2 rings (SSSR count). The molecule has 0 aliphatic heterocycles. The fourth-order valence-corrected chi connectivity index (χ4v) is 2.53. The van der Waals surface area contributed by atoms with Gasteiger partial charge in [0.05, 0.1) is 17.4 Å². The maximum atomic E-state index is 14.0. The molecule has 0 aliphatic carbocycles. The fraction of sp³-hybridized carbons (Fsp3) is 0.294. The van der Waals surface area contributed by atoms with Crippen molar-refractivity contribution in [2.24, 2.45) is 0 Å². The van der Waals surface area contributed by atoms with E-state index in [4.69, 9.17) is 11.6 Å². The second-order valence-electron chi connectivity index (χ2n) is 5.18. The van der Waals surface area contributed by atoms with E-state index in [1.54, 1.807) is 6.07 Å². The number of benzene rings is 2. The molecule has 0 saturated heterocycles. The molecule has 0 heterocycles. The molecule has 0 amide bonds. The summed E-state index contributed by atoms with van der Waals surface area (Å²) in [4.78, 5) is 2.01. The molecule has 0 saturated carbocycles. The van der Waals surface area contributed by atoms with E-state index in [2.05, 4.69) is 5.32 Å². The fourth-order valence-electron chi connectivity index (χ4n) is 2.36. The summed E-state index contributed by atoms with van der Waals surface area (Å²) in [5.74, 6) is -0.190. The van der Waals surface area contributed by atoms with Crippen molar-refractivity contribution in [3.05, 3.63) is 58.9 Å². The third-order valence-electron chi connectivity index (χ3n) is 3.46. The Balaban J connectivity index is 2.35. The van der Waals surface area contributed by atoms with Crippen LogP contribution in [0.5, 0.6) is 0 Å². The minimum absolute atomic E-state index is 0.0941. The molecule has 1 N–H and O–H groups in total. The lowest BCUT2D eigenvalue weighted by atomic mass is 10.0. The number of anilines is 2. The Labute approximate surface area is 130 Å².